The molecule has 0 spiro atoms. The number of hydrogen-bond acceptors (Lipinski definition) is 5. The molecule has 0 amide bonds. The lowest BCUT2D eigenvalue weighted by Crippen LogP contribution is -2.51. The van der Waals surface area contributed by atoms with Crippen LogP contribution in [0, 0.1) is 5.82 Å². The smallest absolute Gasteiger partial charge is 0.246 e. The number of halogens is 1. The van der Waals surface area contributed by atoms with E-state index in [9.17, 15) is 12.8 Å². The van der Waals surface area contributed by atoms with Crippen molar-refractivity contribution in [3.63, 3.8) is 0 Å². The summed E-state index contributed by atoms with van der Waals surface area (Å²) in [4.78, 5) is 6.73. The Morgan fingerprint density at radius 3 is 2.46 bits per heavy atom. The minimum Gasteiger partial charge on any atom is -0.298 e. The first-order valence-electron chi connectivity index (χ1n) is 9.28. The first kappa shape index (κ1) is 19.4. The number of rotatable bonds is 5. The summed E-state index contributed by atoms with van der Waals surface area (Å²) >= 11 is 1.71. The van der Waals surface area contributed by atoms with Crippen molar-refractivity contribution in [2.24, 2.45) is 0 Å². The topological polar surface area (TPSA) is 53.5 Å². The lowest BCUT2D eigenvalue weighted by molar-refractivity contribution is 0.144. The number of para-hydroxylation sites is 1. The van der Waals surface area contributed by atoms with Crippen molar-refractivity contribution in [3.8, 4) is 0 Å². The van der Waals surface area contributed by atoms with Crippen molar-refractivity contribution in [1.82, 2.24) is 14.2 Å². The number of fused-ring (bicyclic) bond motifs is 1. The number of piperazine rings is 1. The van der Waals surface area contributed by atoms with Gasteiger partial charge in [0.15, 0.2) is 0 Å². The van der Waals surface area contributed by atoms with E-state index in [1.54, 1.807) is 17.4 Å². The molecule has 1 atom stereocenters. The van der Waals surface area contributed by atoms with Crippen LogP contribution in [-0.4, -0.2) is 54.8 Å². The summed E-state index contributed by atoms with van der Waals surface area (Å²) < 4.78 is 42.0. The highest BCUT2D eigenvalue weighted by atomic mass is 32.2. The predicted molar refractivity (Wildman–Crippen MR) is 110 cm³/mol. The fourth-order valence-corrected chi connectivity index (χ4v) is 6.14. The number of hydrogen-bond donors (Lipinski definition) is 0. The number of thiazole rings is 1. The molecular weight excluding hydrogens is 397 g/mol. The second-order valence-electron chi connectivity index (χ2n) is 7.00. The molecule has 1 fully saturated rings. The average molecular weight is 420 g/mol. The van der Waals surface area contributed by atoms with Gasteiger partial charge in [0, 0.05) is 38.6 Å². The van der Waals surface area contributed by atoms with E-state index in [4.69, 9.17) is 4.98 Å². The summed E-state index contributed by atoms with van der Waals surface area (Å²) in [6.45, 7) is 4.12. The summed E-state index contributed by atoms with van der Waals surface area (Å²) in [5.74, 6) is -0.700. The lowest BCUT2D eigenvalue weighted by atomic mass is 10.2. The van der Waals surface area contributed by atoms with Crippen LogP contribution in [0.2, 0.25) is 0 Å². The van der Waals surface area contributed by atoms with E-state index in [-0.39, 0.29) is 10.9 Å². The molecule has 3 aromatic rings. The van der Waals surface area contributed by atoms with Crippen molar-refractivity contribution >= 4 is 31.6 Å². The zero-order chi connectivity index (χ0) is 19.7. The van der Waals surface area contributed by atoms with Crippen molar-refractivity contribution < 1.29 is 12.8 Å². The highest BCUT2D eigenvalue weighted by Gasteiger charge is 2.31. The van der Waals surface area contributed by atoms with E-state index >= 15 is 0 Å². The van der Waals surface area contributed by atoms with Gasteiger partial charge in [-0.25, -0.2) is 17.8 Å². The Morgan fingerprint density at radius 2 is 1.75 bits per heavy atom. The number of nitrogens with zero attached hydrogens (tertiary/aromatic N) is 3. The molecule has 0 bridgehead atoms. The Morgan fingerprint density at radius 1 is 1.07 bits per heavy atom. The first-order chi connectivity index (χ1) is 13.4. The minimum absolute atomic E-state index is 0.244. The maximum atomic E-state index is 14.0. The van der Waals surface area contributed by atoms with Gasteiger partial charge in [-0.1, -0.05) is 24.3 Å². The molecule has 2 aromatic carbocycles. The standard InChI is InChI=1S/C20H22FN3O2S2/c1-15(14-20-22-17-7-3-4-8-18(17)27-20)23-10-12-24(13-11-23)28(25,26)19-9-5-2-6-16(19)21/h2-9,15H,10-14H2,1H3/t15-/m1/s1. The normalized spacial score (nSPS) is 17.8. The van der Waals surface area contributed by atoms with Gasteiger partial charge in [-0.2, -0.15) is 4.31 Å². The maximum absolute atomic E-state index is 14.0. The first-order valence-corrected chi connectivity index (χ1v) is 11.5. The van der Waals surface area contributed by atoms with Crippen LogP contribution in [0.25, 0.3) is 10.2 Å². The highest BCUT2D eigenvalue weighted by Crippen LogP contribution is 2.25. The number of sulfonamides is 1. The Hall–Kier alpha value is -1.87. The fourth-order valence-electron chi connectivity index (χ4n) is 3.57. The Balaban J connectivity index is 1.40. The third-order valence-electron chi connectivity index (χ3n) is 5.16. The zero-order valence-electron chi connectivity index (χ0n) is 15.6. The molecule has 148 valence electrons. The molecular formula is C20H22FN3O2S2. The Bertz CT molecular complexity index is 1040. The van der Waals surface area contributed by atoms with Crippen LogP contribution in [0.1, 0.15) is 11.9 Å². The molecule has 8 heteroatoms. The van der Waals surface area contributed by atoms with Crippen LogP contribution in [0.3, 0.4) is 0 Å². The van der Waals surface area contributed by atoms with Gasteiger partial charge < -0.3 is 0 Å². The molecule has 1 saturated heterocycles. The number of benzene rings is 2. The van der Waals surface area contributed by atoms with Gasteiger partial charge in [0.05, 0.1) is 15.2 Å². The summed E-state index contributed by atoms with van der Waals surface area (Å²) in [5, 5.41) is 1.09. The SMILES string of the molecule is C[C@H](Cc1nc2ccccc2s1)N1CCN(S(=O)(=O)c2ccccc2F)CC1. The second kappa shape index (κ2) is 7.87. The molecule has 1 aliphatic rings. The molecule has 0 radical (unpaired) electrons. The molecule has 1 aromatic heterocycles. The van der Waals surface area contributed by atoms with Gasteiger partial charge in [-0.05, 0) is 31.2 Å². The van der Waals surface area contributed by atoms with Gasteiger partial charge in [0.2, 0.25) is 10.0 Å². The van der Waals surface area contributed by atoms with Gasteiger partial charge >= 0.3 is 0 Å². The molecule has 5 nitrogen and oxygen atoms in total. The molecule has 28 heavy (non-hydrogen) atoms. The average Bonchev–Trinajstić information content (AvgIpc) is 3.10. The quantitative estimate of drug-likeness (QED) is 0.636. The van der Waals surface area contributed by atoms with Crippen molar-refractivity contribution in [2.75, 3.05) is 26.2 Å². The molecule has 1 aliphatic heterocycles. The molecule has 0 saturated carbocycles. The zero-order valence-corrected chi connectivity index (χ0v) is 17.2. The van der Waals surface area contributed by atoms with Crippen LogP contribution in [0.15, 0.2) is 53.4 Å². The fraction of sp³-hybridized carbons (Fsp3) is 0.350. The molecule has 0 aliphatic carbocycles. The molecule has 0 N–H and O–H groups in total. The summed E-state index contributed by atoms with van der Waals surface area (Å²) in [6.07, 6.45) is 0.833. The van der Waals surface area contributed by atoms with Crippen LogP contribution in [0.4, 0.5) is 4.39 Å². The van der Waals surface area contributed by atoms with Crippen molar-refractivity contribution in [1.29, 1.82) is 0 Å². The molecule has 4 rings (SSSR count). The van der Waals surface area contributed by atoms with Crippen LogP contribution in [-0.2, 0) is 16.4 Å². The van der Waals surface area contributed by atoms with Gasteiger partial charge in [-0.15, -0.1) is 11.3 Å². The van der Waals surface area contributed by atoms with E-state index < -0.39 is 15.8 Å². The molecule has 0 unspecified atom stereocenters. The lowest BCUT2D eigenvalue weighted by Gasteiger charge is -2.37. The maximum Gasteiger partial charge on any atom is 0.246 e. The molecule has 2 heterocycles. The third-order valence-corrected chi connectivity index (χ3v) is 8.15. The highest BCUT2D eigenvalue weighted by molar-refractivity contribution is 7.89. The van der Waals surface area contributed by atoms with E-state index in [1.165, 1.54) is 27.2 Å². The van der Waals surface area contributed by atoms with E-state index in [1.807, 2.05) is 18.2 Å². The van der Waals surface area contributed by atoms with Crippen LogP contribution in [0.5, 0.6) is 0 Å². The predicted octanol–water partition coefficient (Wildman–Crippen LogP) is 3.37. The van der Waals surface area contributed by atoms with Gasteiger partial charge in [-0.3, -0.25) is 4.90 Å². The Kier molecular flexibility index (Phi) is 5.46. The van der Waals surface area contributed by atoms with E-state index in [0.29, 0.717) is 26.2 Å². The second-order valence-corrected chi connectivity index (χ2v) is 10.0. The summed E-state index contributed by atoms with van der Waals surface area (Å²) in [5.41, 5.74) is 1.02. The van der Waals surface area contributed by atoms with E-state index in [0.717, 1.165) is 16.9 Å². The number of aromatic nitrogens is 1. The summed E-state index contributed by atoms with van der Waals surface area (Å²) in [7, 11) is -3.80. The van der Waals surface area contributed by atoms with Gasteiger partial charge in [0.1, 0.15) is 10.7 Å². The third kappa shape index (κ3) is 3.82. The van der Waals surface area contributed by atoms with Crippen LogP contribution < -0.4 is 0 Å². The largest absolute Gasteiger partial charge is 0.298 e. The van der Waals surface area contributed by atoms with Crippen LogP contribution >= 0.6 is 11.3 Å². The van der Waals surface area contributed by atoms with Gasteiger partial charge in [0.25, 0.3) is 0 Å². The van der Waals surface area contributed by atoms with Crippen molar-refractivity contribution in [2.45, 2.75) is 24.3 Å². The monoisotopic (exact) mass is 419 g/mol. The summed E-state index contributed by atoms with van der Waals surface area (Å²) in [6, 6.07) is 13.9. The Labute approximate surface area is 168 Å². The minimum atomic E-state index is -3.80. The van der Waals surface area contributed by atoms with Crippen molar-refractivity contribution in [3.05, 3.63) is 59.4 Å². The van der Waals surface area contributed by atoms with E-state index in [2.05, 4.69) is 17.9 Å².